The van der Waals surface area contributed by atoms with Gasteiger partial charge in [0.15, 0.2) is 0 Å². The fourth-order valence-electron chi connectivity index (χ4n) is 1.12. The predicted molar refractivity (Wildman–Crippen MR) is 58.3 cm³/mol. The fraction of sp³-hybridized carbons (Fsp3) is 0.364. The summed E-state index contributed by atoms with van der Waals surface area (Å²) in [4.78, 5) is 20.9. The molecule has 0 aliphatic carbocycles. The first-order chi connectivity index (χ1) is 7.77. The molecule has 1 rings (SSSR count). The Kier molecular flexibility index (Phi) is 4.80. The molecule has 5 heteroatoms. The molecule has 0 saturated carbocycles. The van der Waals surface area contributed by atoms with Crippen LogP contribution in [0.15, 0.2) is 18.6 Å². The lowest BCUT2D eigenvalue weighted by Gasteiger charge is -2.18. The van der Waals surface area contributed by atoms with Gasteiger partial charge >= 0.3 is 6.09 Å². The monoisotopic (exact) mass is 219 g/mol. The minimum absolute atomic E-state index is 0.190. The Balaban J connectivity index is 2.65. The Morgan fingerprint density at radius 1 is 1.62 bits per heavy atom. The highest BCUT2D eigenvalue weighted by atomic mass is 16.6. The van der Waals surface area contributed by atoms with E-state index < -0.39 is 6.09 Å². The maximum atomic E-state index is 11.5. The molecular formula is C11H13N3O2. The summed E-state index contributed by atoms with van der Waals surface area (Å²) in [5.74, 6) is 2.40. The van der Waals surface area contributed by atoms with Gasteiger partial charge in [-0.05, 0) is 6.92 Å². The van der Waals surface area contributed by atoms with Crippen LogP contribution < -0.4 is 0 Å². The van der Waals surface area contributed by atoms with Crippen molar-refractivity contribution in [2.45, 2.75) is 13.5 Å². The smallest absolute Gasteiger partial charge is 0.410 e. The molecule has 0 spiro atoms. The second-order valence-electron chi connectivity index (χ2n) is 2.96. The van der Waals surface area contributed by atoms with Gasteiger partial charge in [0, 0.05) is 12.4 Å². The van der Waals surface area contributed by atoms with Crippen molar-refractivity contribution in [3.05, 3.63) is 24.3 Å². The van der Waals surface area contributed by atoms with Gasteiger partial charge in [-0.25, -0.2) is 4.79 Å². The molecule has 1 aromatic heterocycles. The summed E-state index contributed by atoms with van der Waals surface area (Å²) < 4.78 is 4.87. The molecule has 16 heavy (non-hydrogen) atoms. The van der Waals surface area contributed by atoms with Crippen LogP contribution in [0.25, 0.3) is 0 Å². The highest BCUT2D eigenvalue weighted by Crippen LogP contribution is 2.01. The summed E-state index contributed by atoms with van der Waals surface area (Å²) in [7, 11) is 0. The van der Waals surface area contributed by atoms with Gasteiger partial charge < -0.3 is 4.74 Å². The van der Waals surface area contributed by atoms with Crippen molar-refractivity contribution in [2.75, 3.05) is 13.2 Å². The van der Waals surface area contributed by atoms with Crippen LogP contribution in [0.4, 0.5) is 4.79 Å². The molecule has 84 valence electrons. The van der Waals surface area contributed by atoms with E-state index in [-0.39, 0.29) is 6.54 Å². The van der Waals surface area contributed by atoms with E-state index in [1.54, 1.807) is 25.5 Å². The molecule has 0 fully saturated rings. The largest absolute Gasteiger partial charge is 0.450 e. The zero-order valence-electron chi connectivity index (χ0n) is 9.09. The van der Waals surface area contributed by atoms with Crippen LogP contribution in [0.2, 0.25) is 0 Å². The molecule has 0 radical (unpaired) electrons. The lowest BCUT2D eigenvalue weighted by atomic mass is 10.4. The third kappa shape index (κ3) is 3.58. The Bertz CT molecular complexity index is 373. The van der Waals surface area contributed by atoms with Gasteiger partial charge in [0.2, 0.25) is 0 Å². The molecule has 5 nitrogen and oxygen atoms in total. The second-order valence-corrected chi connectivity index (χ2v) is 2.96. The minimum atomic E-state index is -0.439. The third-order valence-corrected chi connectivity index (χ3v) is 1.78. The van der Waals surface area contributed by atoms with Gasteiger partial charge in [0.25, 0.3) is 0 Å². The molecule has 0 atom stereocenters. The molecule has 0 unspecified atom stereocenters. The number of nitrogens with zero attached hydrogens (tertiary/aromatic N) is 3. The molecule has 1 heterocycles. The van der Waals surface area contributed by atoms with Crippen molar-refractivity contribution in [1.82, 2.24) is 14.9 Å². The Morgan fingerprint density at radius 2 is 2.44 bits per heavy atom. The topological polar surface area (TPSA) is 55.3 Å². The van der Waals surface area contributed by atoms with Crippen LogP contribution >= 0.6 is 0 Å². The summed E-state index contributed by atoms with van der Waals surface area (Å²) in [6, 6.07) is 0. The number of hydrogen-bond donors (Lipinski definition) is 0. The van der Waals surface area contributed by atoms with Crippen LogP contribution in [-0.4, -0.2) is 34.1 Å². The average molecular weight is 219 g/mol. The van der Waals surface area contributed by atoms with E-state index in [2.05, 4.69) is 15.9 Å². The van der Waals surface area contributed by atoms with Gasteiger partial charge in [-0.1, -0.05) is 5.92 Å². The molecule has 0 bridgehead atoms. The van der Waals surface area contributed by atoms with Crippen LogP contribution in [0.1, 0.15) is 12.6 Å². The first kappa shape index (κ1) is 12.0. The molecule has 1 aromatic rings. The van der Waals surface area contributed by atoms with Gasteiger partial charge in [-0.2, -0.15) is 0 Å². The fourth-order valence-corrected chi connectivity index (χ4v) is 1.12. The summed E-state index contributed by atoms with van der Waals surface area (Å²) in [5.41, 5.74) is 0.672. The molecule has 0 aliphatic rings. The molecular weight excluding hydrogens is 206 g/mol. The minimum Gasteiger partial charge on any atom is -0.450 e. The number of aromatic nitrogens is 2. The van der Waals surface area contributed by atoms with Crippen LogP contribution in [0.5, 0.6) is 0 Å². The van der Waals surface area contributed by atoms with Crippen molar-refractivity contribution in [3.8, 4) is 12.3 Å². The summed E-state index contributed by atoms with van der Waals surface area (Å²) in [5, 5.41) is 0. The van der Waals surface area contributed by atoms with E-state index in [0.717, 1.165) is 0 Å². The SMILES string of the molecule is C#CCN(Cc1cnccn1)C(=O)OCC. The average Bonchev–Trinajstić information content (AvgIpc) is 2.30. The molecule has 1 amide bonds. The molecule has 0 aromatic carbocycles. The van der Waals surface area contributed by atoms with Gasteiger partial charge in [-0.3, -0.25) is 14.9 Å². The molecule has 0 N–H and O–H groups in total. The van der Waals surface area contributed by atoms with Crippen molar-refractivity contribution in [1.29, 1.82) is 0 Å². The third-order valence-electron chi connectivity index (χ3n) is 1.78. The van der Waals surface area contributed by atoms with E-state index in [9.17, 15) is 4.79 Å². The summed E-state index contributed by atoms with van der Waals surface area (Å²) in [6.45, 7) is 2.56. The molecule has 0 saturated heterocycles. The summed E-state index contributed by atoms with van der Waals surface area (Å²) in [6.07, 6.45) is 9.46. The standard InChI is InChI=1S/C11H13N3O2/c1-3-7-14(11(15)16-4-2)9-10-8-12-5-6-13-10/h1,5-6,8H,4,7,9H2,2H3. The first-order valence-corrected chi connectivity index (χ1v) is 4.88. The maximum Gasteiger partial charge on any atom is 0.410 e. The number of rotatable bonds is 4. The summed E-state index contributed by atoms with van der Waals surface area (Å²) >= 11 is 0. The maximum absolute atomic E-state index is 11.5. The Hall–Kier alpha value is -2.09. The number of carbonyl (C=O) groups excluding carboxylic acids is 1. The quantitative estimate of drug-likeness (QED) is 0.711. The van der Waals surface area contributed by atoms with E-state index in [1.807, 2.05) is 0 Å². The first-order valence-electron chi connectivity index (χ1n) is 4.88. The van der Waals surface area contributed by atoms with E-state index >= 15 is 0 Å². The Morgan fingerprint density at radius 3 is 3.00 bits per heavy atom. The van der Waals surface area contributed by atoms with Crippen LogP contribution in [0, 0.1) is 12.3 Å². The predicted octanol–water partition coefficient (Wildman–Crippen LogP) is 1.07. The Labute approximate surface area is 94.5 Å². The zero-order valence-corrected chi connectivity index (χ0v) is 9.09. The van der Waals surface area contributed by atoms with E-state index in [0.29, 0.717) is 18.8 Å². The number of carbonyl (C=O) groups is 1. The van der Waals surface area contributed by atoms with Crippen molar-refractivity contribution < 1.29 is 9.53 Å². The normalized spacial score (nSPS) is 9.25. The molecule has 0 aliphatic heterocycles. The lowest BCUT2D eigenvalue weighted by Crippen LogP contribution is -2.31. The number of amides is 1. The van der Waals surface area contributed by atoms with Crippen LogP contribution in [0.3, 0.4) is 0 Å². The van der Waals surface area contributed by atoms with Crippen molar-refractivity contribution in [2.24, 2.45) is 0 Å². The highest BCUT2D eigenvalue weighted by molar-refractivity contribution is 5.67. The number of terminal acetylenes is 1. The van der Waals surface area contributed by atoms with Gasteiger partial charge in [0.05, 0.1) is 31.6 Å². The zero-order chi connectivity index (χ0) is 11.8. The van der Waals surface area contributed by atoms with Gasteiger partial charge in [-0.15, -0.1) is 6.42 Å². The highest BCUT2D eigenvalue weighted by Gasteiger charge is 2.14. The van der Waals surface area contributed by atoms with Crippen molar-refractivity contribution >= 4 is 6.09 Å². The second kappa shape index (κ2) is 6.40. The lowest BCUT2D eigenvalue weighted by molar-refractivity contribution is 0.109. The number of hydrogen-bond acceptors (Lipinski definition) is 4. The van der Waals surface area contributed by atoms with Crippen LogP contribution in [-0.2, 0) is 11.3 Å². The van der Waals surface area contributed by atoms with Gasteiger partial charge in [0.1, 0.15) is 0 Å². The van der Waals surface area contributed by atoms with E-state index in [4.69, 9.17) is 11.2 Å². The number of ether oxygens (including phenoxy) is 1. The van der Waals surface area contributed by atoms with Crippen molar-refractivity contribution in [3.63, 3.8) is 0 Å². The van der Waals surface area contributed by atoms with E-state index in [1.165, 1.54) is 4.90 Å².